The Morgan fingerprint density at radius 1 is 1.20 bits per heavy atom. The van der Waals surface area contributed by atoms with Crippen LogP contribution in [0.4, 0.5) is 0 Å². The molecule has 0 N–H and O–H groups in total. The molecule has 2 aromatic rings. The lowest BCUT2D eigenvalue weighted by Gasteiger charge is -1.97. The second-order valence-electron chi connectivity index (χ2n) is 3.34. The first-order valence-corrected chi connectivity index (χ1v) is 5.47. The molecule has 0 atom stereocenters. The van der Waals surface area contributed by atoms with Gasteiger partial charge in [0.15, 0.2) is 0 Å². The SMILES string of the molecule is Cc1nc(C)c(-c2ccc(C#N)cc2)s1. The lowest BCUT2D eigenvalue weighted by molar-refractivity contribution is 1.20. The van der Waals surface area contributed by atoms with E-state index in [1.54, 1.807) is 11.3 Å². The predicted octanol–water partition coefficient (Wildman–Crippen LogP) is 3.30. The highest BCUT2D eigenvalue weighted by atomic mass is 32.1. The molecule has 0 saturated carbocycles. The number of rotatable bonds is 1. The number of aryl methyl sites for hydroxylation is 2. The van der Waals surface area contributed by atoms with E-state index >= 15 is 0 Å². The minimum atomic E-state index is 0.692. The number of benzene rings is 1. The van der Waals surface area contributed by atoms with Crippen LogP contribution in [0.2, 0.25) is 0 Å². The van der Waals surface area contributed by atoms with Crippen LogP contribution in [0.3, 0.4) is 0 Å². The monoisotopic (exact) mass is 214 g/mol. The van der Waals surface area contributed by atoms with E-state index in [0.29, 0.717) is 5.56 Å². The van der Waals surface area contributed by atoms with Gasteiger partial charge in [0, 0.05) is 0 Å². The van der Waals surface area contributed by atoms with Gasteiger partial charge in [-0.2, -0.15) is 5.26 Å². The van der Waals surface area contributed by atoms with E-state index < -0.39 is 0 Å². The lowest BCUT2D eigenvalue weighted by Crippen LogP contribution is -1.79. The van der Waals surface area contributed by atoms with E-state index in [2.05, 4.69) is 11.1 Å². The van der Waals surface area contributed by atoms with Crippen LogP contribution in [0.1, 0.15) is 16.3 Å². The Kier molecular flexibility index (Phi) is 2.53. The van der Waals surface area contributed by atoms with E-state index in [1.807, 2.05) is 38.1 Å². The minimum Gasteiger partial charge on any atom is -0.246 e. The Labute approximate surface area is 92.8 Å². The van der Waals surface area contributed by atoms with Crippen LogP contribution in [0.15, 0.2) is 24.3 Å². The summed E-state index contributed by atoms with van der Waals surface area (Å²) in [5.41, 5.74) is 2.89. The maximum Gasteiger partial charge on any atom is 0.0991 e. The fraction of sp³-hybridized carbons (Fsp3) is 0.167. The van der Waals surface area contributed by atoms with Crippen LogP contribution in [0.5, 0.6) is 0 Å². The molecule has 2 rings (SSSR count). The van der Waals surface area contributed by atoms with Gasteiger partial charge < -0.3 is 0 Å². The van der Waals surface area contributed by atoms with E-state index in [0.717, 1.165) is 16.3 Å². The maximum absolute atomic E-state index is 8.70. The predicted molar refractivity (Wildman–Crippen MR) is 61.7 cm³/mol. The van der Waals surface area contributed by atoms with Gasteiger partial charge in [-0.25, -0.2) is 4.98 Å². The largest absolute Gasteiger partial charge is 0.246 e. The average molecular weight is 214 g/mol. The van der Waals surface area contributed by atoms with Gasteiger partial charge >= 0.3 is 0 Å². The highest BCUT2D eigenvalue weighted by Crippen LogP contribution is 2.29. The zero-order valence-electron chi connectivity index (χ0n) is 8.61. The molecular formula is C12H10N2S. The molecule has 1 aromatic carbocycles. The Morgan fingerprint density at radius 3 is 2.33 bits per heavy atom. The van der Waals surface area contributed by atoms with Crippen molar-refractivity contribution in [2.45, 2.75) is 13.8 Å². The summed E-state index contributed by atoms with van der Waals surface area (Å²) in [6.07, 6.45) is 0. The summed E-state index contributed by atoms with van der Waals surface area (Å²) in [5, 5.41) is 9.77. The standard InChI is InChI=1S/C12H10N2S/c1-8-12(15-9(2)14-8)11-5-3-10(7-13)4-6-11/h3-6H,1-2H3. The molecule has 1 heterocycles. The highest BCUT2D eigenvalue weighted by Gasteiger charge is 2.06. The van der Waals surface area contributed by atoms with E-state index in [-0.39, 0.29) is 0 Å². The molecule has 0 bridgehead atoms. The van der Waals surface area contributed by atoms with Crippen molar-refractivity contribution in [1.29, 1.82) is 5.26 Å². The Balaban J connectivity index is 2.46. The van der Waals surface area contributed by atoms with Crippen LogP contribution in [-0.2, 0) is 0 Å². The summed E-state index contributed by atoms with van der Waals surface area (Å²) < 4.78 is 0. The molecule has 0 aliphatic heterocycles. The molecule has 0 spiro atoms. The Morgan fingerprint density at radius 2 is 1.87 bits per heavy atom. The van der Waals surface area contributed by atoms with Crippen LogP contribution in [0, 0.1) is 25.2 Å². The fourth-order valence-electron chi connectivity index (χ4n) is 1.50. The minimum absolute atomic E-state index is 0.692. The van der Waals surface area contributed by atoms with Gasteiger partial charge in [-0.05, 0) is 31.5 Å². The quantitative estimate of drug-likeness (QED) is 0.730. The zero-order chi connectivity index (χ0) is 10.8. The number of thiazole rings is 1. The molecule has 74 valence electrons. The topological polar surface area (TPSA) is 36.7 Å². The highest BCUT2D eigenvalue weighted by molar-refractivity contribution is 7.15. The molecule has 15 heavy (non-hydrogen) atoms. The van der Waals surface area contributed by atoms with Gasteiger partial charge in [-0.1, -0.05) is 12.1 Å². The van der Waals surface area contributed by atoms with E-state index in [9.17, 15) is 0 Å². The van der Waals surface area contributed by atoms with Crippen molar-refractivity contribution < 1.29 is 0 Å². The van der Waals surface area contributed by atoms with Crippen molar-refractivity contribution in [1.82, 2.24) is 4.98 Å². The van der Waals surface area contributed by atoms with Gasteiger partial charge in [-0.3, -0.25) is 0 Å². The molecular weight excluding hydrogens is 204 g/mol. The van der Waals surface area contributed by atoms with Crippen molar-refractivity contribution >= 4 is 11.3 Å². The first-order valence-electron chi connectivity index (χ1n) is 4.65. The molecule has 0 saturated heterocycles. The van der Waals surface area contributed by atoms with Gasteiger partial charge in [0.25, 0.3) is 0 Å². The molecule has 1 aromatic heterocycles. The van der Waals surface area contributed by atoms with Crippen LogP contribution in [0.25, 0.3) is 10.4 Å². The summed E-state index contributed by atoms with van der Waals surface area (Å²) in [4.78, 5) is 5.58. The van der Waals surface area contributed by atoms with Gasteiger partial charge in [-0.15, -0.1) is 11.3 Å². The number of nitrogens with zero attached hydrogens (tertiary/aromatic N) is 2. The van der Waals surface area contributed by atoms with Crippen molar-refractivity contribution in [2.75, 3.05) is 0 Å². The summed E-state index contributed by atoms with van der Waals surface area (Å²) >= 11 is 1.69. The van der Waals surface area contributed by atoms with E-state index in [4.69, 9.17) is 5.26 Å². The molecule has 0 unspecified atom stereocenters. The summed E-state index contributed by atoms with van der Waals surface area (Å²) in [6, 6.07) is 9.73. The van der Waals surface area contributed by atoms with Crippen molar-refractivity contribution in [2.24, 2.45) is 0 Å². The number of hydrogen-bond donors (Lipinski definition) is 0. The molecule has 0 amide bonds. The van der Waals surface area contributed by atoms with E-state index in [1.165, 1.54) is 4.88 Å². The Bertz CT molecular complexity index is 518. The fourth-order valence-corrected chi connectivity index (χ4v) is 2.42. The van der Waals surface area contributed by atoms with Crippen LogP contribution < -0.4 is 0 Å². The van der Waals surface area contributed by atoms with Gasteiger partial charge in [0.2, 0.25) is 0 Å². The third-order valence-corrected chi connectivity index (χ3v) is 3.30. The third-order valence-electron chi connectivity index (χ3n) is 2.18. The van der Waals surface area contributed by atoms with Gasteiger partial charge in [0.1, 0.15) is 0 Å². The van der Waals surface area contributed by atoms with Crippen LogP contribution >= 0.6 is 11.3 Å². The summed E-state index contributed by atoms with van der Waals surface area (Å²) in [6.45, 7) is 4.02. The average Bonchev–Trinajstić information content (AvgIpc) is 2.58. The molecule has 3 heteroatoms. The number of nitriles is 1. The second kappa shape index (κ2) is 3.84. The summed E-state index contributed by atoms with van der Waals surface area (Å²) in [5.74, 6) is 0. The van der Waals surface area contributed by atoms with Crippen molar-refractivity contribution in [3.8, 4) is 16.5 Å². The maximum atomic E-state index is 8.70. The molecule has 0 aliphatic carbocycles. The summed E-state index contributed by atoms with van der Waals surface area (Å²) in [7, 11) is 0. The molecule has 2 nitrogen and oxygen atoms in total. The lowest BCUT2D eigenvalue weighted by atomic mass is 10.1. The normalized spacial score (nSPS) is 9.93. The zero-order valence-corrected chi connectivity index (χ0v) is 9.43. The third kappa shape index (κ3) is 1.90. The first-order chi connectivity index (χ1) is 7.20. The second-order valence-corrected chi connectivity index (χ2v) is 4.54. The smallest absolute Gasteiger partial charge is 0.0991 e. The first kappa shape index (κ1) is 9.88. The Hall–Kier alpha value is -1.66. The van der Waals surface area contributed by atoms with Gasteiger partial charge in [0.05, 0.1) is 27.2 Å². The molecule has 0 radical (unpaired) electrons. The van der Waals surface area contributed by atoms with Crippen molar-refractivity contribution in [3.63, 3.8) is 0 Å². The number of aromatic nitrogens is 1. The van der Waals surface area contributed by atoms with Crippen molar-refractivity contribution in [3.05, 3.63) is 40.5 Å². The molecule has 0 fully saturated rings. The molecule has 0 aliphatic rings. The van der Waals surface area contributed by atoms with Crippen LogP contribution in [-0.4, -0.2) is 4.98 Å². The number of hydrogen-bond acceptors (Lipinski definition) is 3.